The molecule has 0 bridgehead atoms. The first kappa shape index (κ1) is 21.4. The number of aromatic nitrogens is 3. The average molecular weight is 421 g/mol. The monoisotopic (exact) mass is 420 g/mol. The minimum Gasteiger partial charge on any atom is -0.497 e. The topological polar surface area (TPSA) is 87.5 Å². The van der Waals surface area contributed by atoms with Gasteiger partial charge >= 0.3 is 0 Å². The minimum absolute atomic E-state index is 0.142. The third-order valence-corrected chi connectivity index (χ3v) is 5.65. The summed E-state index contributed by atoms with van der Waals surface area (Å²) in [6, 6.07) is 5.27. The van der Waals surface area contributed by atoms with Crippen LogP contribution in [0, 0.1) is 0 Å². The largest absolute Gasteiger partial charge is 0.497 e. The van der Waals surface area contributed by atoms with Crippen LogP contribution >= 0.6 is 11.8 Å². The fraction of sp³-hybridized carbons (Fsp3) is 0.550. The van der Waals surface area contributed by atoms with Gasteiger partial charge in [0.25, 0.3) is 0 Å². The van der Waals surface area contributed by atoms with E-state index >= 15 is 0 Å². The molecule has 1 aromatic heterocycles. The Morgan fingerprint density at radius 1 is 1.34 bits per heavy atom. The Morgan fingerprint density at radius 3 is 2.83 bits per heavy atom. The van der Waals surface area contributed by atoms with E-state index in [0.29, 0.717) is 17.2 Å². The van der Waals surface area contributed by atoms with Crippen LogP contribution in [0.4, 0.5) is 5.69 Å². The molecule has 8 nitrogen and oxygen atoms in total. The number of hydrogen-bond donors (Lipinski definition) is 1. The van der Waals surface area contributed by atoms with Crippen LogP contribution in [0.2, 0.25) is 0 Å². The van der Waals surface area contributed by atoms with E-state index in [-0.39, 0.29) is 23.7 Å². The van der Waals surface area contributed by atoms with Gasteiger partial charge in [0.05, 0.1) is 38.3 Å². The first-order valence-electron chi connectivity index (χ1n) is 9.71. The highest BCUT2D eigenvalue weighted by molar-refractivity contribution is 7.99. The molecule has 1 N–H and O–H groups in total. The van der Waals surface area contributed by atoms with Crippen molar-refractivity contribution in [3.63, 3.8) is 0 Å². The highest BCUT2D eigenvalue weighted by atomic mass is 32.2. The van der Waals surface area contributed by atoms with Crippen molar-refractivity contribution in [1.29, 1.82) is 0 Å². The molecule has 0 radical (unpaired) electrons. The second kappa shape index (κ2) is 9.98. The number of thioether (sulfide) groups is 1. The zero-order chi connectivity index (χ0) is 20.8. The number of anilines is 1. The van der Waals surface area contributed by atoms with Crippen molar-refractivity contribution in [2.45, 2.75) is 50.4 Å². The third-order valence-electron chi connectivity index (χ3n) is 4.69. The van der Waals surface area contributed by atoms with E-state index in [0.717, 1.165) is 37.0 Å². The zero-order valence-electron chi connectivity index (χ0n) is 17.3. The van der Waals surface area contributed by atoms with Gasteiger partial charge in [0, 0.05) is 18.6 Å². The summed E-state index contributed by atoms with van der Waals surface area (Å²) < 4.78 is 18.4. The lowest BCUT2D eigenvalue weighted by Gasteiger charge is -2.16. The average Bonchev–Trinajstić information content (AvgIpc) is 3.37. The summed E-state index contributed by atoms with van der Waals surface area (Å²) in [5.41, 5.74) is 0.600. The van der Waals surface area contributed by atoms with Crippen LogP contribution in [-0.4, -0.2) is 53.4 Å². The van der Waals surface area contributed by atoms with E-state index in [1.165, 1.54) is 11.8 Å². The van der Waals surface area contributed by atoms with Crippen molar-refractivity contribution in [2.24, 2.45) is 0 Å². The lowest BCUT2D eigenvalue weighted by Crippen LogP contribution is -2.19. The number of hydrogen-bond acceptors (Lipinski definition) is 7. The molecular formula is C20H28N4O4S. The molecule has 1 atom stereocenters. The Morgan fingerprint density at radius 2 is 2.17 bits per heavy atom. The molecule has 0 aliphatic carbocycles. The van der Waals surface area contributed by atoms with Crippen molar-refractivity contribution >= 4 is 23.4 Å². The highest BCUT2D eigenvalue weighted by Crippen LogP contribution is 2.30. The minimum atomic E-state index is -0.142. The van der Waals surface area contributed by atoms with Gasteiger partial charge in [-0.15, -0.1) is 10.2 Å². The van der Waals surface area contributed by atoms with Crippen LogP contribution in [-0.2, 0) is 16.1 Å². The molecule has 1 aliphatic rings. The molecular weight excluding hydrogens is 392 g/mol. The van der Waals surface area contributed by atoms with Gasteiger partial charge < -0.3 is 24.1 Å². The number of carbonyl (C=O) groups is 1. The molecule has 29 heavy (non-hydrogen) atoms. The van der Waals surface area contributed by atoms with E-state index in [2.05, 4.69) is 33.9 Å². The molecule has 0 unspecified atom stereocenters. The molecule has 3 rings (SSSR count). The summed E-state index contributed by atoms with van der Waals surface area (Å²) in [5.74, 6) is 2.45. The molecule has 2 aromatic rings. The Bertz CT molecular complexity index is 834. The maximum Gasteiger partial charge on any atom is 0.234 e. The fourth-order valence-electron chi connectivity index (χ4n) is 3.22. The first-order chi connectivity index (χ1) is 14.0. The number of amides is 1. The third kappa shape index (κ3) is 5.42. The van der Waals surface area contributed by atoms with Crippen LogP contribution < -0.4 is 14.8 Å². The molecule has 1 aromatic carbocycles. The molecule has 1 fully saturated rings. The molecule has 158 valence electrons. The zero-order valence-corrected chi connectivity index (χ0v) is 18.1. The van der Waals surface area contributed by atoms with Crippen molar-refractivity contribution in [3.8, 4) is 11.5 Å². The number of benzene rings is 1. The number of methoxy groups -OCH3 is 2. The molecule has 1 saturated heterocycles. The van der Waals surface area contributed by atoms with Crippen LogP contribution in [0.1, 0.15) is 38.4 Å². The molecule has 1 aliphatic heterocycles. The van der Waals surface area contributed by atoms with E-state index in [1.807, 2.05) is 0 Å². The quantitative estimate of drug-likeness (QED) is 0.623. The highest BCUT2D eigenvalue weighted by Gasteiger charge is 2.22. The predicted octanol–water partition coefficient (Wildman–Crippen LogP) is 3.33. The van der Waals surface area contributed by atoms with E-state index < -0.39 is 0 Å². The standard InChI is InChI=1S/C20H28N4O4S/c1-13(2)19-22-23-20(24(19)11-15-6-5-9-28-15)29-12-18(25)21-16-8-7-14(26-3)10-17(16)27-4/h7-8,10,13,15H,5-6,9,11-12H2,1-4H3,(H,21,25)/t15-/m1/s1. The number of ether oxygens (including phenoxy) is 3. The summed E-state index contributed by atoms with van der Waals surface area (Å²) in [4.78, 5) is 12.5. The number of rotatable bonds is 9. The van der Waals surface area contributed by atoms with Gasteiger partial charge in [0.2, 0.25) is 5.91 Å². The van der Waals surface area contributed by atoms with Crippen LogP contribution in [0.3, 0.4) is 0 Å². The maximum absolute atomic E-state index is 12.5. The normalized spacial score (nSPS) is 16.2. The second-order valence-corrected chi connectivity index (χ2v) is 8.09. The fourth-order valence-corrected chi connectivity index (χ4v) is 3.97. The number of carbonyl (C=O) groups excluding carboxylic acids is 1. The molecule has 0 spiro atoms. The van der Waals surface area contributed by atoms with E-state index in [4.69, 9.17) is 14.2 Å². The lowest BCUT2D eigenvalue weighted by molar-refractivity contribution is -0.113. The summed E-state index contributed by atoms with van der Waals surface area (Å²) in [6.45, 7) is 5.70. The van der Waals surface area contributed by atoms with Gasteiger partial charge in [-0.3, -0.25) is 4.79 Å². The van der Waals surface area contributed by atoms with Gasteiger partial charge in [-0.05, 0) is 25.0 Å². The van der Waals surface area contributed by atoms with E-state index in [1.54, 1.807) is 32.4 Å². The molecule has 9 heteroatoms. The summed E-state index contributed by atoms with van der Waals surface area (Å²) >= 11 is 1.37. The SMILES string of the molecule is COc1ccc(NC(=O)CSc2nnc(C(C)C)n2C[C@H]2CCCO2)c(OC)c1. The summed E-state index contributed by atoms with van der Waals surface area (Å²) in [6.07, 6.45) is 2.30. The van der Waals surface area contributed by atoms with Crippen LogP contribution in [0.15, 0.2) is 23.4 Å². The molecule has 1 amide bonds. The Hall–Kier alpha value is -2.26. The van der Waals surface area contributed by atoms with Crippen LogP contribution in [0.5, 0.6) is 11.5 Å². The van der Waals surface area contributed by atoms with Gasteiger partial charge in [-0.25, -0.2) is 0 Å². The van der Waals surface area contributed by atoms with Crippen molar-refractivity contribution < 1.29 is 19.0 Å². The molecule has 2 heterocycles. The van der Waals surface area contributed by atoms with Crippen LogP contribution in [0.25, 0.3) is 0 Å². The maximum atomic E-state index is 12.5. The predicted molar refractivity (Wildman–Crippen MR) is 112 cm³/mol. The van der Waals surface area contributed by atoms with Crippen molar-refractivity contribution in [3.05, 3.63) is 24.0 Å². The lowest BCUT2D eigenvalue weighted by atomic mass is 10.2. The number of nitrogens with one attached hydrogen (secondary N) is 1. The Kier molecular flexibility index (Phi) is 7.38. The van der Waals surface area contributed by atoms with Crippen molar-refractivity contribution in [2.75, 3.05) is 31.9 Å². The van der Waals surface area contributed by atoms with E-state index in [9.17, 15) is 4.79 Å². The second-order valence-electron chi connectivity index (χ2n) is 7.14. The molecule has 0 saturated carbocycles. The summed E-state index contributed by atoms with van der Waals surface area (Å²) in [5, 5.41) is 12.3. The van der Waals surface area contributed by atoms with Gasteiger partial charge in [-0.2, -0.15) is 0 Å². The van der Waals surface area contributed by atoms with Gasteiger partial charge in [0.1, 0.15) is 17.3 Å². The summed E-state index contributed by atoms with van der Waals surface area (Å²) in [7, 11) is 3.14. The van der Waals surface area contributed by atoms with Gasteiger partial charge in [0.15, 0.2) is 5.16 Å². The van der Waals surface area contributed by atoms with Crippen molar-refractivity contribution in [1.82, 2.24) is 14.8 Å². The Balaban J connectivity index is 1.65. The van der Waals surface area contributed by atoms with Gasteiger partial charge in [-0.1, -0.05) is 25.6 Å². The Labute approximate surface area is 175 Å². The first-order valence-corrected chi connectivity index (χ1v) is 10.7. The smallest absolute Gasteiger partial charge is 0.234 e. The number of nitrogens with zero attached hydrogens (tertiary/aromatic N) is 3.